The Morgan fingerprint density at radius 1 is 1.19 bits per heavy atom. The van der Waals surface area contributed by atoms with Gasteiger partial charge in [-0.3, -0.25) is 9.99 Å². The van der Waals surface area contributed by atoms with Crippen molar-refractivity contribution in [1.82, 2.24) is 25.9 Å². The van der Waals surface area contributed by atoms with E-state index in [9.17, 15) is 9.65 Å². The monoisotopic (exact) mass is 555 g/mol. The molecule has 0 saturated carbocycles. The molecule has 3 heterocycles. The molecule has 0 spiro atoms. The van der Waals surface area contributed by atoms with Crippen molar-refractivity contribution in [2.24, 2.45) is 5.73 Å². The molecule has 0 aliphatic carbocycles. The molecule has 13 heteroatoms. The van der Waals surface area contributed by atoms with Crippen molar-refractivity contribution in [3.05, 3.63) is 86.4 Å². The summed E-state index contributed by atoms with van der Waals surface area (Å²) < 4.78 is 13.7. The molecule has 0 unspecified atom stereocenters. The Balaban J connectivity index is 1.56. The second kappa shape index (κ2) is 10.8. The number of rotatable bonds is 8. The van der Waals surface area contributed by atoms with Gasteiger partial charge in [0, 0.05) is 47.6 Å². The van der Waals surface area contributed by atoms with E-state index in [1.807, 2.05) is 22.7 Å². The third-order valence-electron chi connectivity index (χ3n) is 5.61. The lowest BCUT2D eigenvalue weighted by Gasteiger charge is -2.20. The number of anilines is 3. The number of fused-ring (bicyclic) bond motifs is 1. The molecule has 0 amide bonds. The molecule has 9 nitrogen and oxygen atoms in total. The van der Waals surface area contributed by atoms with Gasteiger partial charge in [0.15, 0.2) is 0 Å². The van der Waals surface area contributed by atoms with Crippen LogP contribution >= 0.6 is 34.5 Å². The first-order chi connectivity index (χ1) is 18.0. The van der Waals surface area contributed by atoms with E-state index >= 15 is 0 Å². The molecule has 4 aromatic rings. The van der Waals surface area contributed by atoms with Gasteiger partial charge in [0.1, 0.15) is 17.9 Å². The van der Waals surface area contributed by atoms with E-state index in [0.717, 1.165) is 11.4 Å². The van der Waals surface area contributed by atoms with Gasteiger partial charge in [-0.1, -0.05) is 23.2 Å². The minimum Gasteiger partial charge on any atom is -0.371 e. The minimum absolute atomic E-state index is 0.0389. The van der Waals surface area contributed by atoms with Crippen molar-refractivity contribution in [3.8, 4) is 6.07 Å². The number of halogens is 3. The van der Waals surface area contributed by atoms with Gasteiger partial charge in [-0.25, -0.2) is 9.37 Å². The first kappa shape index (κ1) is 25.0. The van der Waals surface area contributed by atoms with Crippen LogP contribution in [0.3, 0.4) is 0 Å². The normalized spacial score (nSPS) is 13.7. The minimum atomic E-state index is -0.538. The van der Waals surface area contributed by atoms with E-state index in [-0.39, 0.29) is 11.1 Å². The number of thiazole rings is 1. The van der Waals surface area contributed by atoms with Crippen LogP contribution in [-0.2, 0) is 0 Å². The van der Waals surface area contributed by atoms with E-state index in [4.69, 9.17) is 28.9 Å². The van der Waals surface area contributed by atoms with Crippen LogP contribution in [0.25, 0.3) is 10.9 Å². The van der Waals surface area contributed by atoms with Gasteiger partial charge in [-0.05, 0) is 30.3 Å². The van der Waals surface area contributed by atoms with E-state index in [1.54, 1.807) is 11.6 Å². The van der Waals surface area contributed by atoms with Crippen LogP contribution in [0.5, 0.6) is 0 Å². The molecule has 188 valence electrons. The highest BCUT2D eigenvalue weighted by atomic mass is 35.5. The van der Waals surface area contributed by atoms with Crippen LogP contribution < -0.4 is 27.3 Å². The number of nitriles is 1. The van der Waals surface area contributed by atoms with E-state index < -0.39 is 5.82 Å². The third kappa shape index (κ3) is 5.24. The van der Waals surface area contributed by atoms with Crippen molar-refractivity contribution < 1.29 is 4.39 Å². The van der Waals surface area contributed by atoms with Crippen LogP contribution in [0.2, 0.25) is 10.0 Å². The molecule has 0 bridgehead atoms. The Labute approximate surface area is 225 Å². The lowest BCUT2D eigenvalue weighted by atomic mass is 10.1. The number of nitrogens with zero attached hydrogens (tertiary/aromatic N) is 4. The van der Waals surface area contributed by atoms with Crippen molar-refractivity contribution in [3.63, 3.8) is 0 Å². The zero-order valence-corrected chi connectivity index (χ0v) is 21.4. The van der Waals surface area contributed by atoms with Gasteiger partial charge in [0.25, 0.3) is 0 Å². The molecule has 2 aromatic heterocycles. The number of nitrogens with two attached hydrogens (primary N) is 1. The fourth-order valence-corrected chi connectivity index (χ4v) is 4.93. The number of pyridine rings is 1. The lowest BCUT2D eigenvalue weighted by molar-refractivity contribution is 0.277. The maximum Gasteiger partial charge on any atom is 0.141 e. The molecule has 0 fully saturated rings. The first-order valence-corrected chi connectivity index (χ1v) is 12.8. The van der Waals surface area contributed by atoms with Gasteiger partial charge in [0.2, 0.25) is 0 Å². The molecule has 37 heavy (non-hydrogen) atoms. The van der Waals surface area contributed by atoms with Crippen molar-refractivity contribution >= 4 is 62.5 Å². The fourth-order valence-electron chi connectivity index (χ4n) is 3.90. The Hall–Kier alpha value is -3.66. The number of hydrazine groups is 2. The second-order valence-corrected chi connectivity index (χ2v) is 9.59. The largest absolute Gasteiger partial charge is 0.371 e. The Kier molecular flexibility index (Phi) is 7.27. The lowest BCUT2D eigenvalue weighted by Crippen LogP contribution is -2.39. The quantitative estimate of drug-likeness (QED) is 0.203. The number of hydrogen-bond acceptors (Lipinski definition) is 10. The van der Waals surface area contributed by atoms with Gasteiger partial charge in [0.05, 0.1) is 43.7 Å². The van der Waals surface area contributed by atoms with Gasteiger partial charge < -0.3 is 21.8 Å². The fraction of sp³-hybridized carbons (Fsp3) is 0.125. The van der Waals surface area contributed by atoms with Crippen molar-refractivity contribution in [1.29, 1.82) is 5.26 Å². The number of nitrogens with one attached hydrogen (secondary N) is 4. The molecule has 1 aliphatic rings. The zero-order chi connectivity index (χ0) is 25.9. The average molecular weight is 556 g/mol. The molecular weight excluding hydrogens is 536 g/mol. The predicted molar refractivity (Wildman–Crippen MR) is 145 cm³/mol. The molecule has 5 rings (SSSR count). The summed E-state index contributed by atoms with van der Waals surface area (Å²) in [6.45, 7) is 1.10. The zero-order valence-electron chi connectivity index (χ0n) is 19.1. The van der Waals surface area contributed by atoms with Crippen LogP contribution in [0.4, 0.5) is 21.5 Å². The first-order valence-electron chi connectivity index (χ1n) is 11.1. The molecule has 0 radical (unpaired) electrons. The van der Waals surface area contributed by atoms with Crippen LogP contribution in [0.1, 0.15) is 17.3 Å². The summed E-state index contributed by atoms with van der Waals surface area (Å²) in [5.41, 5.74) is 17.8. The summed E-state index contributed by atoms with van der Waals surface area (Å²) in [7, 11) is 0. The van der Waals surface area contributed by atoms with Gasteiger partial charge in [-0.2, -0.15) is 5.26 Å². The molecule has 1 aliphatic heterocycles. The third-order valence-corrected chi connectivity index (χ3v) is 6.79. The number of aromatic nitrogens is 2. The maximum absolute atomic E-state index is 13.7. The van der Waals surface area contributed by atoms with Crippen LogP contribution in [-0.4, -0.2) is 28.1 Å². The molecule has 6 N–H and O–H groups in total. The highest BCUT2D eigenvalue weighted by Gasteiger charge is 2.24. The molecule has 1 atom stereocenters. The molecule has 2 aromatic carbocycles. The van der Waals surface area contributed by atoms with Crippen molar-refractivity contribution in [2.75, 3.05) is 23.7 Å². The SMILES string of the molecule is N#Cc1cnc2c(Cl)cc(N[C@H](C3=CN(CCN)NN3)c3cscn3)cc2c1Nc1ccc(F)c(Cl)c1. The predicted octanol–water partition coefficient (Wildman–Crippen LogP) is 5.03. The number of hydrogen-bond donors (Lipinski definition) is 5. The van der Waals surface area contributed by atoms with Crippen molar-refractivity contribution in [2.45, 2.75) is 6.04 Å². The van der Waals surface area contributed by atoms with E-state index in [2.05, 4.69) is 37.6 Å². The summed E-state index contributed by atoms with van der Waals surface area (Å²) >= 11 is 14.1. The maximum atomic E-state index is 13.7. The Morgan fingerprint density at radius 2 is 2.03 bits per heavy atom. The highest BCUT2D eigenvalue weighted by Crippen LogP contribution is 2.37. The van der Waals surface area contributed by atoms with Crippen LogP contribution in [0, 0.1) is 17.1 Å². The van der Waals surface area contributed by atoms with E-state index in [0.29, 0.717) is 51.6 Å². The summed E-state index contributed by atoms with van der Waals surface area (Å²) in [6, 6.07) is 9.67. The highest BCUT2D eigenvalue weighted by molar-refractivity contribution is 7.07. The van der Waals surface area contributed by atoms with Gasteiger partial charge >= 0.3 is 0 Å². The van der Waals surface area contributed by atoms with Gasteiger partial charge in [-0.15, -0.1) is 16.9 Å². The average Bonchev–Trinajstić information content (AvgIpc) is 3.58. The standard InChI is InChI=1S/C24H20Cl2FN9S/c25-17-6-14(1-2-19(17)27)32-22-13(8-29)9-30-23-16(22)5-15(7-18(23)26)33-24(21-11-37-12-31-21)20-10-36(4-3-28)35-34-20/h1-2,5-7,9-12,24,33-35H,3-4,28H2,(H,30,32)/t24-/m1/s1. The van der Waals surface area contributed by atoms with E-state index in [1.165, 1.54) is 35.7 Å². The van der Waals surface area contributed by atoms with Crippen LogP contribution in [0.15, 0.2) is 59.3 Å². The summed E-state index contributed by atoms with van der Waals surface area (Å²) in [5.74, 6) is -0.538. The smallest absolute Gasteiger partial charge is 0.141 e. The molecular formula is C24H20Cl2FN9S. The second-order valence-electron chi connectivity index (χ2n) is 8.06. The summed E-state index contributed by atoms with van der Waals surface area (Å²) in [5, 5.41) is 21.2. The summed E-state index contributed by atoms with van der Waals surface area (Å²) in [6.07, 6.45) is 3.37. The number of benzene rings is 2. The Bertz CT molecular complexity index is 1520. The summed E-state index contributed by atoms with van der Waals surface area (Å²) in [4.78, 5) is 8.88. The Morgan fingerprint density at radius 3 is 2.76 bits per heavy atom. The topological polar surface area (TPSA) is 127 Å². The molecule has 0 saturated heterocycles.